The van der Waals surface area contributed by atoms with Crippen LogP contribution in [0.25, 0.3) is 0 Å². The number of nitrogens with zero attached hydrogens (tertiary/aromatic N) is 1. The Morgan fingerprint density at radius 2 is 2.30 bits per heavy atom. The van der Waals surface area contributed by atoms with Crippen LogP contribution in [0.5, 0.6) is 0 Å². The van der Waals surface area contributed by atoms with Crippen molar-refractivity contribution in [2.75, 3.05) is 30.4 Å². The van der Waals surface area contributed by atoms with Crippen LogP contribution in [0.4, 0.5) is 16.2 Å². The molecule has 1 aliphatic rings. The number of anilines is 2. The third kappa shape index (κ3) is 3.87. The quantitative estimate of drug-likeness (QED) is 0.788. The van der Waals surface area contributed by atoms with Crippen molar-refractivity contribution in [1.29, 1.82) is 0 Å². The van der Waals surface area contributed by atoms with Crippen LogP contribution in [0.15, 0.2) is 18.2 Å². The summed E-state index contributed by atoms with van der Waals surface area (Å²) in [6, 6.07) is 5.79. The molecule has 5 nitrogen and oxygen atoms in total. The number of nitrogens with one attached hydrogen (secondary N) is 2. The molecule has 1 aliphatic heterocycles. The van der Waals surface area contributed by atoms with E-state index in [1.54, 1.807) is 6.92 Å². The molecule has 0 spiro atoms. The summed E-state index contributed by atoms with van der Waals surface area (Å²) in [6.45, 7) is 3.26. The molecule has 5 heteroatoms. The molecule has 0 radical (unpaired) electrons. The van der Waals surface area contributed by atoms with Gasteiger partial charge in [0.25, 0.3) is 0 Å². The first-order valence-electron chi connectivity index (χ1n) is 7.13. The molecule has 20 heavy (non-hydrogen) atoms. The van der Waals surface area contributed by atoms with Gasteiger partial charge in [-0.2, -0.15) is 0 Å². The number of amides is 2. The first-order valence-corrected chi connectivity index (χ1v) is 7.13. The Bertz CT molecular complexity index is 474. The van der Waals surface area contributed by atoms with Crippen molar-refractivity contribution in [3.05, 3.63) is 23.8 Å². The van der Waals surface area contributed by atoms with Crippen molar-refractivity contribution >= 4 is 17.4 Å². The highest BCUT2D eigenvalue weighted by Gasteiger charge is 2.14. The molecule has 1 aromatic rings. The minimum absolute atomic E-state index is 0.227. The zero-order valence-electron chi connectivity index (χ0n) is 12.1. The standard InChI is InChI=1S/C15H23N3O2/c1-11(19)7-8-16-15(20)17-13-5-6-14-12(10-13)4-3-9-18(14)2/h5-6,10-11,19H,3-4,7-9H2,1-2H3,(H2,16,17,20). The molecule has 0 aromatic heterocycles. The molecule has 0 saturated carbocycles. The molecule has 0 aliphatic carbocycles. The average molecular weight is 277 g/mol. The van der Waals surface area contributed by atoms with Crippen LogP contribution in [-0.2, 0) is 6.42 Å². The predicted molar refractivity (Wildman–Crippen MR) is 81.4 cm³/mol. The Labute approximate surface area is 120 Å². The van der Waals surface area contributed by atoms with Crippen LogP contribution in [0, 0.1) is 0 Å². The number of rotatable bonds is 4. The molecule has 1 aromatic carbocycles. The van der Waals surface area contributed by atoms with Gasteiger partial charge in [0.05, 0.1) is 6.10 Å². The third-order valence-corrected chi connectivity index (χ3v) is 3.54. The number of hydrogen-bond donors (Lipinski definition) is 3. The number of carbonyl (C=O) groups is 1. The zero-order chi connectivity index (χ0) is 14.5. The number of fused-ring (bicyclic) bond motifs is 1. The number of urea groups is 1. The number of carbonyl (C=O) groups excluding carboxylic acids is 1. The summed E-state index contributed by atoms with van der Waals surface area (Å²) >= 11 is 0. The summed E-state index contributed by atoms with van der Waals surface area (Å²) < 4.78 is 0. The Hall–Kier alpha value is -1.75. The fraction of sp³-hybridized carbons (Fsp3) is 0.533. The van der Waals surface area contributed by atoms with E-state index in [9.17, 15) is 4.79 Å². The maximum absolute atomic E-state index is 11.7. The second-order valence-corrected chi connectivity index (χ2v) is 5.39. The lowest BCUT2D eigenvalue weighted by Gasteiger charge is -2.27. The molecule has 1 heterocycles. The number of aliphatic hydroxyl groups excluding tert-OH is 1. The summed E-state index contributed by atoms with van der Waals surface area (Å²) in [5.41, 5.74) is 3.34. The van der Waals surface area contributed by atoms with E-state index in [4.69, 9.17) is 5.11 Å². The molecule has 0 fully saturated rings. The van der Waals surface area contributed by atoms with Gasteiger partial charge in [0.1, 0.15) is 0 Å². The largest absolute Gasteiger partial charge is 0.393 e. The van der Waals surface area contributed by atoms with Crippen molar-refractivity contribution in [2.45, 2.75) is 32.3 Å². The molecular formula is C15H23N3O2. The molecule has 2 rings (SSSR count). The van der Waals surface area contributed by atoms with Crippen molar-refractivity contribution in [1.82, 2.24) is 5.32 Å². The topological polar surface area (TPSA) is 64.6 Å². The average Bonchev–Trinajstić information content (AvgIpc) is 2.38. The lowest BCUT2D eigenvalue weighted by molar-refractivity contribution is 0.184. The number of benzene rings is 1. The van der Waals surface area contributed by atoms with Crippen LogP contribution in [0.1, 0.15) is 25.3 Å². The van der Waals surface area contributed by atoms with Gasteiger partial charge in [-0.1, -0.05) is 0 Å². The van der Waals surface area contributed by atoms with E-state index in [1.807, 2.05) is 12.1 Å². The minimum Gasteiger partial charge on any atom is -0.393 e. The van der Waals surface area contributed by atoms with Crippen molar-refractivity contribution < 1.29 is 9.90 Å². The van der Waals surface area contributed by atoms with Crippen molar-refractivity contribution in [3.63, 3.8) is 0 Å². The fourth-order valence-electron chi connectivity index (χ4n) is 2.43. The van der Waals surface area contributed by atoms with Gasteiger partial charge >= 0.3 is 6.03 Å². The van der Waals surface area contributed by atoms with E-state index < -0.39 is 6.10 Å². The van der Waals surface area contributed by atoms with Gasteiger partial charge in [0, 0.05) is 31.5 Å². The van der Waals surface area contributed by atoms with E-state index >= 15 is 0 Å². The molecule has 0 saturated heterocycles. The van der Waals surface area contributed by atoms with Crippen LogP contribution < -0.4 is 15.5 Å². The first-order chi connectivity index (χ1) is 9.56. The van der Waals surface area contributed by atoms with Crippen LogP contribution >= 0.6 is 0 Å². The van der Waals surface area contributed by atoms with Crippen molar-refractivity contribution in [3.8, 4) is 0 Å². The number of aryl methyl sites for hydroxylation is 1. The zero-order valence-corrected chi connectivity index (χ0v) is 12.1. The highest BCUT2D eigenvalue weighted by atomic mass is 16.3. The number of hydrogen-bond acceptors (Lipinski definition) is 3. The Morgan fingerprint density at radius 3 is 3.05 bits per heavy atom. The van der Waals surface area contributed by atoms with Gasteiger partial charge in [-0.3, -0.25) is 0 Å². The first kappa shape index (κ1) is 14.7. The predicted octanol–water partition coefficient (Wildman–Crippen LogP) is 1.96. The van der Waals surface area contributed by atoms with E-state index in [0.717, 1.165) is 25.1 Å². The fourth-order valence-corrected chi connectivity index (χ4v) is 2.43. The second kappa shape index (κ2) is 6.61. The second-order valence-electron chi connectivity index (χ2n) is 5.39. The Morgan fingerprint density at radius 1 is 1.50 bits per heavy atom. The van der Waals surface area contributed by atoms with E-state index in [1.165, 1.54) is 11.3 Å². The highest BCUT2D eigenvalue weighted by molar-refractivity contribution is 5.89. The summed E-state index contributed by atoms with van der Waals surface area (Å²) in [7, 11) is 2.09. The molecule has 0 bridgehead atoms. The summed E-state index contributed by atoms with van der Waals surface area (Å²) in [5.74, 6) is 0. The maximum atomic E-state index is 11.7. The molecule has 1 atom stereocenters. The molecule has 110 valence electrons. The third-order valence-electron chi connectivity index (χ3n) is 3.54. The lowest BCUT2D eigenvalue weighted by atomic mass is 10.0. The molecule has 2 amide bonds. The SMILES string of the molecule is CC(O)CCNC(=O)Nc1ccc2c(c1)CCCN2C. The monoisotopic (exact) mass is 277 g/mol. The molecular weight excluding hydrogens is 254 g/mol. The number of aliphatic hydroxyl groups is 1. The minimum atomic E-state index is -0.394. The smallest absolute Gasteiger partial charge is 0.319 e. The van der Waals surface area contributed by atoms with E-state index in [2.05, 4.69) is 28.6 Å². The highest BCUT2D eigenvalue weighted by Crippen LogP contribution is 2.28. The Kier molecular flexibility index (Phi) is 4.84. The summed E-state index contributed by atoms with van der Waals surface area (Å²) in [6.07, 6.45) is 2.36. The Balaban J connectivity index is 1.91. The van der Waals surface area contributed by atoms with Crippen LogP contribution in [0.2, 0.25) is 0 Å². The normalized spacial score (nSPS) is 15.4. The van der Waals surface area contributed by atoms with E-state index in [0.29, 0.717) is 13.0 Å². The van der Waals surface area contributed by atoms with E-state index in [-0.39, 0.29) is 6.03 Å². The maximum Gasteiger partial charge on any atom is 0.319 e. The van der Waals surface area contributed by atoms with Gasteiger partial charge in [-0.05, 0) is 49.9 Å². The van der Waals surface area contributed by atoms with Crippen LogP contribution in [-0.4, -0.2) is 37.4 Å². The lowest BCUT2D eigenvalue weighted by Crippen LogP contribution is -2.31. The summed E-state index contributed by atoms with van der Waals surface area (Å²) in [5, 5.41) is 14.7. The van der Waals surface area contributed by atoms with Gasteiger partial charge in [0.2, 0.25) is 0 Å². The van der Waals surface area contributed by atoms with Gasteiger partial charge < -0.3 is 20.6 Å². The summed E-state index contributed by atoms with van der Waals surface area (Å²) in [4.78, 5) is 14.0. The molecule has 1 unspecified atom stereocenters. The van der Waals surface area contributed by atoms with Gasteiger partial charge in [0.15, 0.2) is 0 Å². The van der Waals surface area contributed by atoms with Gasteiger partial charge in [-0.25, -0.2) is 4.79 Å². The van der Waals surface area contributed by atoms with Crippen molar-refractivity contribution in [2.24, 2.45) is 0 Å². The molecule has 3 N–H and O–H groups in total. The van der Waals surface area contributed by atoms with Crippen LogP contribution in [0.3, 0.4) is 0 Å². The van der Waals surface area contributed by atoms with Gasteiger partial charge in [-0.15, -0.1) is 0 Å².